The van der Waals surface area contributed by atoms with Gasteiger partial charge in [0, 0.05) is 21.0 Å². The van der Waals surface area contributed by atoms with Gasteiger partial charge in [-0.1, -0.05) is 6.07 Å². The maximum absolute atomic E-state index is 12.8. The Balaban J connectivity index is 2.53. The largest absolute Gasteiger partial charge is 0.417 e. The van der Waals surface area contributed by atoms with Crippen molar-refractivity contribution in [1.82, 2.24) is 0 Å². The van der Waals surface area contributed by atoms with Crippen LogP contribution in [0, 0.1) is 0 Å². The van der Waals surface area contributed by atoms with Crippen LogP contribution in [-0.4, -0.2) is 6.04 Å². The minimum absolute atomic E-state index is 0.0441. The van der Waals surface area contributed by atoms with Crippen molar-refractivity contribution >= 4 is 21.4 Å². The van der Waals surface area contributed by atoms with Gasteiger partial charge in [-0.05, 0) is 31.5 Å². The monoisotopic (exact) mass is 259 g/mol. The first-order chi connectivity index (χ1) is 7.88. The van der Waals surface area contributed by atoms with Gasteiger partial charge in [0.2, 0.25) is 0 Å². The number of fused-ring (bicyclic) bond motifs is 1. The van der Waals surface area contributed by atoms with Crippen molar-refractivity contribution < 1.29 is 13.2 Å². The first-order valence-electron chi connectivity index (χ1n) is 5.22. The molecule has 0 fully saturated rings. The Morgan fingerprint density at radius 1 is 1.35 bits per heavy atom. The van der Waals surface area contributed by atoms with Gasteiger partial charge in [0.25, 0.3) is 0 Å². The summed E-state index contributed by atoms with van der Waals surface area (Å²) in [5.41, 5.74) is 5.09. The molecule has 0 aliphatic rings. The fourth-order valence-corrected chi connectivity index (χ4v) is 3.01. The van der Waals surface area contributed by atoms with E-state index in [1.165, 1.54) is 17.4 Å². The van der Waals surface area contributed by atoms with Crippen LogP contribution < -0.4 is 5.73 Å². The molecule has 0 saturated heterocycles. The Morgan fingerprint density at radius 2 is 2.06 bits per heavy atom. The molecule has 0 bridgehead atoms. The van der Waals surface area contributed by atoms with Gasteiger partial charge in [0.05, 0.1) is 5.56 Å². The molecule has 1 aromatic heterocycles. The SMILES string of the molecule is CC(N)Cc1cc2c(C(F)(F)F)cccc2s1. The van der Waals surface area contributed by atoms with Crippen molar-refractivity contribution in [3.63, 3.8) is 0 Å². The summed E-state index contributed by atoms with van der Waals surface area (Å²) in [4.78, 5) is 0.895. The predicted octanol–water partition coefficient (Wildman–Crippen LogP) is 3.81. The highest BCUT2D eigenvalue weighted by molar-refractivity contribution is 7.19. The van der Waals surface area contributed by atoms with E-state index in [0.717, 1.165) is 10.9 Å². The standard InChI is InChI=1S/C12H12F3NS/c1-7(16)5-8-6-9-10(12(13,14)15)3-2-4-11(9)17-8/h2-4,6-7H,5,16H2,1H3. The van der Waals surface area contributed by atoms with Gasteiger partial charge < -0.3 is 5.73 Å². The lowest BCUT2D eigenvalue weighted by atomic mass is 10.1. The van der Waals surface area contributed by atoms with Gasteiger partial charge in [-0.25, -0.2) is 0 Å². The van der Waals surface area contributed by atoms with Crippen molar-refractivity contribution in [2.24, 2.45) is 5.73 Å². The van der Waals surface area contributed by atoms with E-state index in [0.29, 0.717) is 11.1 Å². The van der Waals surface area contributed by atoms with E-state index in [1.807, 2.05) is 6.92 Å². The van der Waals surface area contributed by atoms with E-state index in [4.69, 9.17) is 5.73 Å². The van der Waals surface area contributed by atoms with Crippen molar-refractivity contribution in [1.29, 1.82) is 0 Å². The van der Waals surface area contributed by atoms with Crippen LogP contribution in [0.5, 0.6) is 0 Å². The second kappa shape index (κ2) is 4.31. The molecule has 0 radical (unpaired) electrons. The molecule has 1 unspecified atom stereocenters. The van der Waals surface area contributed by atoms with Crippen LogP contribution in [0.2, 0.25) is 0 Å². The molecule has 0 aliphatic heterocycles. The van der Waals surface area contributed by atoms with Gasteiger partial charge in [-0.2, -0.15) is 13.2 Å². The molecule has 1 atom stereocenters. The molecule has 5 heteroatoms. The van der Waals surface area contributed by atoms with Crippen LogP contribution in [-0.2, 0) is 12.6 Å². The fourth-order valence-electron chi connectivity index (χ4n) is 1.78. The molecule has 0 amide bonds. The minimum Gasteiger partial charge on any atom is -0.328 e. The third kappa shape index (κ3) is 2.61. The van der Waals surface area contributed by atoms with Gasteiger partial charge in [0.15, 0.2) is 0 Å². The molecule has 2 aromatic rings. The van der Waals surface area contributed by atoms with Gasteiger partial charge in [-0.3, -0.25) is 0 Å². The van der Waals surface area contributed by atoms with Crippen molar-refractivity contribution in [3.05, 3.63) is 34.7 Å². The zero-order valence-corrected chi connectivity index (χ0v) is 10.0. The highest BCUT2D eigenvalue weighted by Crippen LogP contribution is 2.38. The smallest absolute Gasteiger partial charge is 0.328 e. The lowest BCUT2D eigenvalue weighted by Gasteiger charge is -2.07. The molecule has 17 heavy (non-hydrogen) atoms. The summed E-state index contributed by atoms with van der Waals surface area (Å²) in [5, 5.41) is 0.278. The van der Waals surface area contributed by atoms with E-state index >= 15 is 0 Å². The maximum atomic E-state index is 12.8. The molecule has 0 saturated carbocycles. The highest BCUT2D eigenvalue weighted by atomic mass is 32.1. The number of rotatable bonds is 2. The zero-order valence-electron chi connectivity index (χ0n) is 9.21. The van der Waals surface area contributed by atoms with Crippen molar-refractivity contribution in [2.45, 2.75) is 25.6 Å². The highest BCUT2D eigenvalue weighted by Gasteiger charge is 2.32. The lowest BCUT2D eigenvalue weighted by Crippen LogP contribution is -2.16. The number of hydrogen-bond acceptors (Lipinski definition) is 2. The van der Waals surface area contributed by atoms with E-state index in [9.17, 15) is 13.2 Å². The van der Waals surface area contributed by atoms with Crippen LogP contribution >= 0.6 is 11.3 Å². The van der Waals surface area contributed by atoms with E-state index in [2.05, 4.69) is 0 Å². The normalized spacial score (nSPS) is 14.2. The number of thiophene rings is 1. The summed E-state index contributed by atoms with van der Waals surface area (Å²) in [7, 11) is 0. The number of benzene rings is 1. The summed E-state index contributed by atoms with van der Waals surface area (Å²) >= 11 is 1.38. The van der Waals surface area contributed by atoms with Crippen molar-refractivity contribution in [2.75, 3.05) is 0 Å². The Kier molecular flexibility index (Phi) is 3.14. The average Bonchev–Trinajstić information content (AvgIpc) is 2.55. The Morgan fingerprint density at radius 3 is 2.65 bits per heavy atom. The predicted molar refractivity (Wildman–Crippen MR) is 64.2 cm³/mol. The molecule has 1 heterocycles. The Labute approximate surface area is 101 Å². The topological polar surface area (TPSA) is 26.0 Å². The molecule has 1 aromatic carbocycles. The number of halogens is 3. The molecule has 0 spiro atoms. The van der Waals surface area contributed by atoms with Crippen LogP contribution in [0.15, 0.2) is 24.3 Å². The molecule has 2 N–H and O–H groups in total. The summed E-state index contributed by atoms with van der Waals surface area (Å²) in [6, 6.07) is 5.83. The molecule has 0 aliphatic carbocycles. The lowest BCUT2D eigenvalue weighted by molar-refractivity contribution is -0.136. The zero-order chi connectivity index (χ0) is 12.6. The van der Waals surface area contributed by atoms with Crippen LogP contribution in [0.25, 0.3) is 10.1 Å². The molecular weight excluding hydrogens is 247 g/mol. The van der Waals surface area contributed by atoms with Crippen LogP contribution in [0.3, 0.4) is 0 Å². The van der Waals surface area contributed by atoms with Gasteiger partial charge in [-0.15, -0.1) is 11.3 Å². The van der Waals surface area contributed by atoms with E-state index < -0.39 is 11.7 Å². The summed E-state index contributed by atoms with van der Waals surface area (Å²) in [6.07, 6.45) is -3.69. The minimum atomic E-state index is -4.30. The van der Waals surface area contributed by atoms with Gasteiger partial charge in [0.1, 0.15) is 0 Å². The van der Waals surface area contributed by atoms with E-state index in [-0.39, 0.29) is 11.4 Å². The number of nitrogens with two attached hydrogens (primary N) is 1. The number of alkyl halides is 3. The third-order valence-electron chi connectivity index (χ3n) is 2.44. The molecular formula is C12H12F3NS. The second-order valence-corrected chi connectivity index (χ2v) is 5.28. The Bertz CT molecular complexity index is 528. The van der Waals surface area contributed by atoms with Crippen molar-refractivity contribution in [3.8, 4) is 0 Å². The first-order valence-corrected chi connectivity index (χ1v) is 6.04. The molecule has 1 nitrogen and oxygen atoms in total. The fraction of sp³-hybridized carbons (Fsp3) is 0.333. The molecule has 92 valence electrons. The summed E-state index contributed by atoms with van der Waals surface area (Å²) in [5.74, 6) is 0. The summed E-state index contributed by atoms with van der Waals surface area (Å²) in [6.45, 7) is 1.84. The van der Waals surface area contributed by atoms with Crippen LogP contribution in [0.4, 0.5) is 13.2 Å². The Hall–Kier alpha value is -1.07. The average molecular weight is 259 g/mol. The van der Waals surface area contributed by atoms with E-state index in [1.54, 1.807) is 12.1 Å². The first kappa shape index (κ1) is 12.4. The second-order valence-electron chi connectivity index (χ2n) is 4.11. The van der Waals surface area contributed by atoms with Gasteiger partial charge >= 0.3 is 6.18 Å². The van der Waals surface area contributed by atoms with Crippen LogP contribution in [0.1, 0.15) is 17.4 Å². The maximum Gasteiger partial charge on any atom is 0.417 e. The molecule has 2 rings (SSSR count). The quantitative estimate of drug-likeness (QED) is 0.872. The number of hydrogen-bond donors (Lipinski definition) is 1. The third-order valence-corrected chi connectivity index (χ3v) is 3.56. The summed E-state index contributed by atoms with van der Waals surface area (Å²) < 4.78 is 39.0.